The van der Waals surface area contributed by atoms with Gasteiger partial charge in [-0.25, -0.2) is 12.6 Å². The summed E-state index contributed by atoms with van der Waals surface area (Å²) in [7, 11) is -3.01. The summed E-state index contributed by atoms with van der Waals surface area (Å²) in [5, 5.41) is 11.5. The highest BCUT2D eigenvalue weighted by molar-refractivity contribution is 7.92. The van der Waals surface area contributed by atoms with Crippen molar-refractivity contribution in [3.8, 4) is 22.6 Å². The maximum atomic E-state index is 13.2. The van der Waals surface area contributed by atoms with E-state index < -0.39 is 36.6 Å². The van der Waals surface area contributed by atoms with Gasteiger partial charge >= 0.3 is 0 Å². The van der Waals surface area contributed by atoms with Crippen LogP contribution in [-0.2, 0) is 21.1 Å². The van der Waals surface area contributed by atoms with Crippen LogP contribution in [0, 0.1) is 10.1 Å². The zero-order valence-electron chi connectivity index (χ0n) is 17.5. The van der Waals surface area contributed by atoms with Crippen molar-refractivity contribution in [3.63, 3.8) is 0 Å². The molecule has 0 aromatic heterocycles. The Morgan fingerprint density at radius 1 is 1.06 bits per heavy atom. The third-order valence-electron chi connectivity index (χ3n) is 4.56. The molecule has 0 aliphatic carbocycles. The number of hydrogen-bond donors (Lipinski definition) is 2. The van der Waals surface area contributed by atoms with Crippen molar-refractivity contribution in [1.82, 2.24) is 0 Å². The summed E-state index contributed by atoms with van der Waals surface area (Å²) in [6.45, 7) is 1.95. The van der Waals surface area contributed by atoms with Crippen LogP contribution in [0.3, 0.4) is 0 Å². The second kappa shape index (κ2) is 9.98. The van der Waals surface area contributed by atoms with Gasteiger partial charge in [0.05, 0.1) is 35.3 Å². The zero-order valence-corrected chi connectivity index (χ0v) is 19.2. The first-order chi connectivity index (χ1) is 15.7. The van der Waals surface area contributed by atoms with Gasteiger partial charge in [-0.15, -0.1) is 0 Å². The van der Waals surface area contributed by atoms with Crippen LogP contribution in [0.15, 0.2) is 70.5 Å². The molecule has 3 aromatic carbocycles. The maximum Gasteiger partial charge on any atom is 0.293 e. The molecule has 1 unspecified atom stereocenters. The Hall–Kier alpha value is -3.48. The Bertz CT molecular complexity index is 1330. The first kappa shape index (κ1) is 24.2. The number of nitrogens with zero attached hydrogens (tertiary/aromatic N) is 1. The van der Waals surface area contributed by atoms with Crippen molar-refractivity contribution in [2.75, 3.05) is 18.4 Å². The lowest BCUT2D eigenvalue weighted by Crippen LogP contribution is -2.15. The lowest BCUT2D eigenvalue weighted by Gasteiger charge is -2.16. The molecule has 0 spiro atoms. The number of nitro groups is 1. The summed E-state index contributed by atoms with van der Waals surface area (Å²) in [5.74, 6) is 0.533. The van der Waals surface area contributed by atoms with E-state index in [0.29, 0.717) is 5.75 Å². The minimum absolute atomic E-state index is 0.0388. The van der Waals surface area contributed by atoms with Gasteiger partial charge in [-0.05, 0) is 43.3 Å². The van der Waals surface area contributed by atoms with Crippen LogP contribution in [0.1, 0.15) is 6.92 Å². The summed E-state index contributed by atoms with van der Waals surface area (Å²) in [4.78, 5) is 10.2. The van der Waals surface area contributed by atoms with Gasteiger partial charge < -0.3 is 14.0 Å². The fraction of sp³-hybridized carbons (Fsp3) is 0.143. The smallest absolute Gasteiger partial charge is 0.293 e. The number of methoxy groups -OCH3 is 1. The van der Waals surface area contributed by atoms with E-state index in [0.717, 1.165) is 12.1 Å². The van der Waals surface area contributed by atoms with Crippen LogP contribution < -0.4 is 14.2 Å². The Morgan fingerprint density at radius 2 is 1.76 bits per heavy atom. The largest absolute Gasteiger partial charge is 0.497 e. The van der Waals surface area contributed by atoms with E-state index in [-0.39, 0.29) is 34.1 Å². The first-order valence-corrected chi connectivity index (χ1v) is 12.1. The molecule has 0 aliphatic heterocycles. The van der Waals surface area contributed by atoms with Gasteiger partial charge in [-0.1, -0.05) is 18.2 Å². The van der Waals surface area contributed by atoms with E-state index >= 15 is 0 Å². The van der Waals surface area contributed by atoms with Gasteiger partial charge in [0.25, 0.3) is 15.7 Å². The lowest BCUT2D eigenvalue weighted by atomic mass is 10.0. The van der Waals surface area contributed by atoms with E-state index in [2.05, 4.69) is 4.72 Å². The summed E-state index contributed by atoms with van der Waals surface area (Å²) in [6, 6.07) is 14.0. The molecular formula is C21H20N2O8S2. The molecule has 0 radical (unpaired) electrons. The van der Waals surface area contributed by atoms with Crippen LogP contribution in [0.5, 0.6) is 11.5 Å². The summed E-state index contributed by atoms with van der Waals surface area (Å²) in [6.07, 6.45) is 0. The van der Waals surface area contributed by atoms with Gasteiger partial charge in [0.15, 0.2) is 16.0 Å². The van der Waals surface area contributed by atoms with E-state index in [4.69, 9.17) is 9.47 Å². The SMILES string of the molecule is CCOc1ccc(S(=O)(=O)Nc2ccc(OC)cc2-c2ccccc2S(=O)O)c([N+](=O)[O-])c1. The predicted molar refractivity (Wildman–Crippen MR) is 123 cm³/mol. The molecule has 1 atom stereocenters. The molecule has 0 amide bonds. The van der Waals surface area contributed by atoms with Crippen molar-refractivity contribution in [2.45, 2.75) is 16.7 Å². The Balaban J connectivity index is 2.15. The minimum Gasteiger partial charge on any atom is -0.497 e. The molecule has 12 heteroatoms. The molecule has 10 nitrogen and oxygen atoms in total. The normalized spacial score (nSPS) is 12.1. The molecule has 0 fully saturated rings. The first-order valence-electron chi connectivity index (χ1n) is 9.50. The summed E-state index contributed by atoms with van der Waals surface area (Å²) in [5.41, 5.74) is -0.0714. The average Bonchev–Trinajstić information content (AvgIpc) is 2.79. The van der Waals surface area contributed by atoms with Crippen molar-refractivity contribution < 1.29 is 31.6 Å². The molecule has 174 valence electrons. The highest BCUT2D eigenvalue weighted by Gasteiger charge is 2.28. The molecule has 0 saturated carbocycles. The molecule has 3 aromatic rings. The van der Waals surface area contributed by atoms with Crippen LogP contribution in [-0.4, -0.2) is 35.8 Å². The fourth-order valence-corrected chi connectivity index (χ4v) is 4.92. The second-order valence-electron chi connectivity index (χ2n) is 6.58. The van der Waals surface area contributed by atoms with Crippen LogP contribution in [0.25, 0.3) is 11.1 Å². The average molecular weight is 493 g/mol. The molecule has 0 heterocycles. The minimum atomic E-state index is -4.43. The van der Waals surface area contributed by atoms with Gasteiger partial charge in [0.2, 0.25) is 0 Å². The second-order valence-corrected chi connectivity index (χ2v) is 9.17. The van der Waals surface area contributed by atoms with Gasteiger partial charge in [0.1, 0.15) is 11.5 Å². The molecule has 0 aliphatic rings. The van der Waals surface area contributed by atoms with Crippen LogP contribution in [0.4, 0.5) is 11.4 Å². The standard InChI is InChI=1S/C21H20N2O8S2/c1-3-31-15-9-11-21(19(13-15)23(24)25)33(28,29)22-18-10-8-14(30-2)12-17(18)16-6-4-5-7-20(16)32(26)27/h4-13,22H,3H2,1-2H3,(H,26,27). The quantitative estimate of drug-likeness (QED) is 0.258. The highest BCUT2D eigenvalue weighted by atomic mass is 32.2. The summed E-state index contributed by atoms with van der Waals surface area (Å²) >= 11 is -2.35. The number of anilines is 1. The Kier molecular flexibility index (Phi) is 7.31. The van der Waals surface area contributed by atoms with Crippen molar-refractivity contribution in [1.29, 1.82) is 0 Å². The Morgan fingerprint density at radius 3 is 2.39 bits per heavy atom. The number of hydrogen-bond acceptors (Lipinski definition) is 7. The molecular weight excluding hydrogens is 472 g/mol. The van der Waals surface area contributed by atoms with E-state index in [9.17, 15) is 27.3 Å². The maximum absolute atomic E-state index is 13.2. The third-order valence-corrected chi connectivity index (χ3v) is 6.71. The van der Waals surface area contributed by atoms with Crippen LogP contribution in [0.2, 0.25) is 0 Å². The van der Waals surface area contributed by atoms with Crippen molar-refractivity contribution >= 4 is 32.5 Å². The molecule has 2 N–H and O–H groups in total. The molecule has 0 saturated heterocycles. The highest BCUT2D eigenvalue weighted by Crippen LogP contribution is 2.37. The monoisotopic (exact) mass is 492 g/mol. The van der Waals surface area contributed by atoms with E-state index in [1.54, 1.807) is 25.1 Å². The fourth-order valence-electron chi connectivity index (χ4n) is 3.13. The van der Waals surface area contributed by atoms with E-state index in [1.807, 2.05) is 0 Å². The number of rotatable bonds is 9. The molecule has 0 bridgehead atoms. The van der Waals surface area contributed by atoms with Crippen molar-refractivity contribution in [2.24, 2.45) is 0 Å². The van der Waals surface area contributed by atoms with Gasteiger partial charge in [0, 0.05) is 11.1 Å². The number of nitrogens with one attached hydrogen (secondary N) is 1. The Labute approximate surface area is 192 Å². The van der Waals surface area contributed by atoms with Gasteiger partial charge in [-0.3, -0.25) is 14.8 Å². The van der Waals surface area contributed by atoms with Crippen molar-refractivity contribution in [3.05, 3.63) is 70.8 Å². The number of sulfonamides is 1. The molecule has 33 heavy (non-hydrogen) atoms. The van der Waals surface area contributed by atoms with E-state index in [1.165, 1.54) is 37.4 Å². The predicted octanol–water partition coefficient (Wildman–Crippen LogP) is 4.05. The lowest BCUT2D eigenvalue weighted by molar-refractivity contribution is -0.387. The molecule has 3 rings (SSSR count). The summed E-state index contributed by atoms with van der Waals surface area (Å²) < 4.78 is 60.6. The topological polar surface area (TPSA) is 145 Å². The number of benzene rings is 3. The number of nitro benzene ring substituents is 1. The van der Waals surface area contributed by atoms with Gasteiger partial charge in [-0.2, -0.15) is 0 Å². The zero-order chi connectivity index (χ0) is 24.2. The number of ether oxygens (including phenoxy) is 2. The van der Waals surface area contributed by atoms with Crippen LogP contribution >= 0.6 is 0 Å². The third kappa shape index (κ3) is 5.30.